The molecule has 3 aliphatic rings. The standard InChI is InChI=1S/C20H20O5/c1-4-5-13-9-20(23-3)11(2)16(17(18(13)21)19(20)22)12-6-7-14-15(8-12)25-10-24-14/h4,6-9,11,16-17H,1,5,10H2,2-3H3/t11-,16+,17-,20+/m1/s1. The molecular formula is C20H20O5. The highest BCUT2D eigenvalue weighted by Gasteiger charge is 2.63. The summed E-state index contributed by atoms with van der Waals surface area (Å²) in [7, 11) is 1.53. The molecule has 0 spiro atoms. The van der Waals surface area contributed by atoms with E-state index in [0.717, 1.165) is 5.56 Å². The highest BCUT2D eigenvalue weighted by Crippen LogP contribution is 2.54. The van der Waals surface area contributed by atoms with E-state index in [9.17, 15) is 9.59 Å². The summed E-state index contributed by atoms with van der Waals surface area (Å²) in [6.07, 6.45) is 3.84. The van der Waals surface area contributed by atoms with Crippen LogP contribution in [0.4, 0.5) is 0 Å². The summed E-state index contributed by atoms with van der Waals surface area (Å²) in [6.45, 7) is 5.87. The molecule has 1 saturated carbocycles. The molecule has 0 N–H and O–H groups in total. The van der Waals surface area contributed by atoms with Gasteiger partial charge >= 0.3 is 0 Å². The zero-order chi connectivity index (χ0) is 17.8. The monoisotopic (exact) mass is 340 g/mol. The minimum atomic E-state index is -1.06. The maximum Gasteiger partial charge on any atom is 0.231 e. The van der Waals surface area contributed by atoms with E-state index in [1.54, 1.807) is 12.2 Å². The van der Waals surface area contributed by atoms with Crippen LogP contribution in [0.25, 0.3) is 0 Å². The lowest BCUT2D eigenvalue weighted by molar-refractivity contribution is -0.141. The van der Waals surface area contributed by atoms with Crippen LogP contribution in [0.1, 0.15) is 24.8 Å². The summed E-state index contributed by atoms with van der Waals surface area (Å²) in [4.78, 5) is 26.0. The van der Waals surface area contributed by atoms with Crippen LogP contribution >= 0.6 is 0 Å². The van der Waals surface area contributed by atoms with Crippen LogP contribution in [-0.2, 0) is 14.3 Å². The van der Waals surface area contributed by atoms with E-state index in [0.29, 0.717) is 23.5 Å². The van der Waals surface area contributed by atoms with Gasteiger partial charge in [-0.1, -0.05) is 19.1 Å². The normalized spacial score (nSPS) is 32.7. The largest absolute Gasteiger partial charge is 0.454 e. The van der Waals surface area contributed by atoms with E-state index in [4.69, 9.17) is 14.2 Å². The van der Waals surface area contributed by atoms with E-state index in [1.807, 2.05) is 25.1 Å². The number of fused-ring (bicyclic) bond motifs is 3. The topological polar surface area (TPSA) is 61.8 Å². The van der Waals surface area contributed by atoms with Crippen molar-refractivity contribution in [1.82, 2.24) is 0 Å². The summed E-state index contributed by atoms with van der Waals surface area (Å²) in [5, 5.41) is 0. The molecule has 5 nitrogen and oxygen atoms in total. The summed E-state index contributed by atoms with van der Waals surface area (Å²) in [5.41, 5.74) is 0.449. The summed E-state index contributed by atoms with van der Waals surface area (Å²) in [5.74, 6) is -0.0868. The Hall–Kier alpha value is -2.40. The molecule has 0 amide bonds. The first-order chi connectivity index (χ1) is 12.0. The number of rotatable bonds is 4. The molecule has 5 heteroatoms. The fourth-order valence-corrected chi connectivity index (χ4v) is 4.46. The second kappa shape index (κ2) is 5.56. The van der Waals surface area contributed by atoms with Crippen molar-refractivity contribution in [2.75, 3.05) is 13.9 Å². The fourth-order valence-electron chi connectivity index (χ4n) is 4.46. The molecule has 4 atom stereocenters. The average Bonchev–Trinajstić information content (AvgIpc) is 3.13. The Kier molecular flexibility index (Phi) is 3.58. The Labute approximate surface area is 146 Å². The summed E-state index contributed by atoms with van der Waals surface area (Å²) >= 11 is 0. The van der Waals surface area contributed by atoms with Crippen LogP contribution in [0.3, 0.4) is 0 Å². The van der Waals surface area contributed by atoms with Gasteiger partial charge < -0.3 is 14.2 Å². The number of hydrogen-bond acceptors (Lipinski definition) is 5. The molecule has 4 rings (SSSR count). The zero-order valence-corrected chi connectivity index (χ0v) is 14.3. The maximum absolute atomic E-state index is 13.1. The molecule has 2 bridgehead atoms. The minimum absolute atomic E-state index is 0.121. The first-order valence-corrected chi connectivity index (χ1v) is 8.39. The molecule has 1 aromatic rings. The van der Waals surface area contributed by atoms with Gasteiger partial charge in [-0.05, 0) is 35.8 Å². The van der Waals surface area contributed by atoms with Gasteiger partial charge in [0.2, 0.25) is 6.79 Å². The molecular weight excluding hydrogens is 320 g/mol. The van der Waals surface area contributed by atoms with Crippen molar-refractivity contribution in [1.29, 1.82) is 0 Å². The van der Waals surface area contributed by atoms with Gasteiger partial charge in [0.15, 0.2) is 23.1 Å². The van der Waals surface area contributed by atoms with Crippen molar-refractivity contribution in [3.8, 4) is 11.5 Å². The quantitative estimate of drug-likeness (QED) is 0.623. The lowest BCUT2D eigenvalue weighted by Crippen LogP contribution is -2.45. The van der Waals surface area contributed by atoms with Crippen LogP contribution < -0.4 is 9.47 Å². The third-order valence-electron chi connectivity index (χ3n) is 5.71. The van der Waals surface area contributed by atoms with Crippen LogP contribution in [0.2, 0.25) is 0 Å². The van der Waals surface area contributed by atoms with Gasteiger partial charge in [-0.2, -0.15) is 0 Å². The molecule has 0 radical (unpaired) electrons. The molecule has 2 aliphatic carbocycles. The third-order valence-corrected chi connectivity index (χ3v) is 5.71. The van der Waals surface area contributed by atoms with Crippen molar-refractivity contribution in [3.63, 3.8) is 0 Å². The highest BCUT2D eigenvalue weighted by molar-refractivity contribution is 6.19. The summed E-state index contributed by atoms with van der Waals surface area (Å²) < 4.78 is 16.5. The lowest BCUT2D eigenvalue weighted by atomic mass is 9.80. The number of methoxy groups -OCH3 is 1. The number of ether oxygens (including phenoxy) is 3. The van der Waals surface area contributed by atoms with Crippen molar-refractivity contribution in [3.05, 3.63) is 48.1 Å². The number of Topliss-reactive ketones (excluding diaryl/α,β-unsaturated/α-hetero) is 2. The lowest BCUT2D eigenvalue weighted by Gasteiger charge is -2.30. The zero-order valence-electron chi connectivity index (χ0n) is 14.3. The average molecular weight is 340 g/mol. The Balaban J connectivity index is 1.83. The number of hydrogen-bond donors (Lipinski definition) is 0. The van der Waals surface area contributed by atoms with E-state index in [-0.39, 0.29) is 30.2 Å². The second-order valence-electron chi connectivity index (χ2n) is 6.79. The SMILES string of the molecule is C=CCC1=C[C@@]2(OC)C(=O)[C@@H](C1=O)[C@H](c1ccc3c(c1)OCO3)[C@H]2C. The van der Waals surface area contributed by atoms with E-state index < -0.39 is 11.5 Å². The minimum Gasteiger partial charge on any atom is -0.454 e. The first kappa shape index (κ1) is 16.1. The van der Waals surface area contributed by atoms with Gasteiger partial charge in [-0.25, -0.2) is 0 Å². The molecule has 1 fully saturated rings. The molecule has 130 valence electrons. The molecule has 0 saturated heterocycles. The van der Waals surface area contributed by atoms with Gasteiger partial charge in [-0.3, -0.25) is 9.59 Å². The van der Waals surface area contributed by atoms with E-state index in [2.05, 4.69) is 6.58 Å². The van der Waals surface area contributed by atoms with Crippen molar-refractivity contribution < 1.29 is 23.8 Å². The van der Waals surface area contributed by atoms with Crippen molar-refractivity contribution >= 4 is 11.6 Å². The predicted molar refractivity (Wildman–Crippen MR) is 90.6 cm³/mol. The Bertz CT molecular complexity index is 808. The maximum atomic E-state index is 13.1. The number of carbonyl (C=O) groups is 2. The Morgan fingerprint density at radius 1 is 1.32 bits per heavy atom. The molecule has 1 aromatic carbocycles. The highest BCUT2D eigenvalue weighted by atomic mass is 16.7. The fraction of sp³-hybridized carbons (Fsp3) is 0.400. The van der Waals surface area contributed by atoms with Gasteiger partial charge in [0.05, 0.1) is 5.92 Å². The van der Waals surface area contributed by atoms with Crippen LogP contribution in [-0.4, -0.2) is 31.1 Å². The molecule has 1 heterocycles. The Morgan fingerprint density at radius 3 is 2.80 bits per heavy atom. The number of benzene rings is 1. The van der Waals surface area contributed by atoms with Crippen molar-refractivity contribution in [2.45, 2.75) is 24.9 Å². The number of allylic oxidation sites excluding steroid dienone is 2. The predicted octanol–water partition coefficient (Wildman–Crippen LogP) is 2.80. The molecule has 0 unspecified atom stereocenters. The number of carbonyl (C=O) groups excluding carboxylic acids is 2. The smallest absolute Gasteiger partial charge is 0.231 e. The van der Waals surface area contributed by atoms with Gasteiger partial charge in [0.1, 0.15) is 5.60 Å². The third kappa shape index (κ3) is 2.05. The van der Waals surface area contributed by atoms with E-state index in [1.165, 1.54) is 7.11 Å². The van der Waals surface area contributed by atoms with Crippen LogP contribution in [0.5, 0.6) is 11.5 Å². The second-order valence-corrected chi connectivity index (χ2v) is 6.79. The Morgan fingerprint density at radius 2 is 2.08 bits per heavy atom. The molecule has 0 aromatic heterocycles. The van der Waals surface area contributed by atoms with Gasteiger partial charge in [0.25, 0.3) is 0 Å². The number of ketones is 2. The van der Waals surface area contributed by atoms with Gasteiger partial charge in [0, 0.05) is 18.9 Å². The van der Waals surface area contributed by atoms with E-state index >= 15 is 0 Å². The van der Waals surface area contributed by atoms with Gasteiger partial charge in [-0.15, -0.1) is 6.58 Å². The van der Waals surface area contributed by atoms with Crippen molar-refractivity contribution in [2.24, 2.45) is 11.8 Å². The molecule has 25 heavy (non-hydrogen) atoms. The molecule has 1 aliphatic heterocycles. The summed E-state index contributed by atoms with van der Waals surface area (Å²) in [6, 6.07) is 5.62. The van der Waals surface area contributed by atoms with Crippen LogP contribution in [0.15, 0.2) is 42.5 Å². The first-order valence-electron chi connectivity index (χ1n) is 8.39. The van der Waals surface area contributed by atoms with Crippen LogP contribution in [0, 0.1) is 11.8 Å².